The maximum absolute atomic E-state index is 4.56. The number of hydrogen-bond acceptors (Lipinski definition) is 5. The van der Waals surface area contributed by atoms with Gasteiger partial charge in [0.05, 0.1) is 0 Å². The summed E-state index contributed by atoms with van der Waals surface area (Å²) in [4.78, 5) is 6.38. The highest BCUT2D eigenvalue weighted by Gasteiger charge is 2.16. The Labute approximate surface area is 141 Å². The van der Waals surface area contributed by atoms with E-state index in [-0.39, 0.29) is 0 Å². The maximum atomic E-state index is 4.56. The van der Waals surface area contributed by atoms with Gasteiger partial charge in [-0.15, -0.1) is 10.2 Å². The fraction of sp³-hybridized carbons (Fsp3) is 0.211. The van der Waals surface area contributed by atoms with Crippen LogP contribution in [0.5, 0.6) is 0 Å². The first-order valence-corrected chi connectivity index (χ1v) is 8.21. The van der Waals surface area contributed by atoms with Crippen molar-refractivity contribution in [3.63, 3.8) is 0 Å². The zero-order chi connectivity index (χ0) is 16.2. The normalized spacial score (nSPS) is 14.6. The van der Waals surface area contributed by atoms with Gasteiger partial charge in [-0.2, -0.15) is 0 Å². The van der Waals surface area contributed by atoms with E-state index in [0.717, 1.165) is 54.4 Å². The van der Waals surface area contributed by atoms with Gasteiger partial charge in [0.15, 0.2) is 5.82 Å². The van der Waals surface area contributed by atoms with E-state index in [0.29, 0.717) is 0 Å². The number of aromatic nitrogens is 3. The van der Waals surface area contributed by atoms with Gasteiger partial charge in [-0.05, 0) is 23.8 Å². The Hall–Kier alpha value is -2.79. The quantitative estimate of drug-likeness (QED) is 0.805. The van der Waals surface area contributed by atoms with Crippen LogP contribution in [-0.4, -0.2) is 41.4 Å². The minimum absolute atomic E-state index is 0.891. The molecule has 0 saturated carbocycles. The number of nitrogens with one attached hydrogen (secondary N) is 1. The lowest BCUT2D eigenvalue weighted by Crippen LogP contribution is -2.44. The number of pyridine rings is 1. The van der Waals surface area contributed by atoms with Crippen LogP contribution >= 0.6 is 0 Å². The smallest absolute Gasteiger partial charge is 0.151 e. The van der Waals surface area contributed by atoms with Crippen molar-refractivity contribution in [3.05, 3.63) is 60.9 Å². The molecule has 0 spiro atoms. The average molecular weight is 317 g/mol. The minimum atomic E-state index is 0.891. The van der Waals surface area contributed by atoms with Crippen LogP contribution in [0.4, 0.5) is 5.82 Å². The fourth-order valence-corrected chi connectivity index (χ4v) is 2.99. The first-order chi connectivity index (χ1) is 11.9. The SMILES string of the molecule is c1ccc(-c2cc(N3CCNCC3)nnc2-c2ccncc2)cc1. The monoisotopic (exact) mass is 317 g/mol. The highest BCUT2D eigenvalue weighted by molar-refractivity contribution is 5.81. The first-order valence-electron chi connectivity index (χ1n) is 8.21. The number of piperazine rings is 1. The molecule has 0 amide bonds. The summed E-state index contributed by atoms with van der Waals surface area (Å²) in [6, 6.07) is 16.5. The van der Waals surface area contributed by atoms with Crippen LogP contribution in [0, 0.1) is 0 Å². The topological polar surface area (TPSA) is 53.9 Å². The molecule has 1 N–H and O–H groups in total. The van der Waals surface area contributed by atoms with E-state index in [1.807, 2.05) is 18.2 Å². The highest BCUT2D eigenvalue weighted by atomic mass is 15.3. The summed E-state index contributed by atoms with van der Waals surface area (Å²) < 4.78 is 0. The van der Waals surface area contributed by atoms with Gasteiger partial charge in [0, 0.05) is 49.7 Å². The van der Waals surface area contributed by atoms with Crippen LogP contribution in [0.15, 0.2) is 60.9 Å². The van der Waals surface area contributed by atoms with Gasteiger partial charge in [-0.25, -0.2) is 0 Å². The van der Waals surface area contributed by atoms with Crippen molar-refractivity contribution in [2.75, 3.05) is 31.1 Å². The zero-order valence-electron chi connectivity index (χ0n) is 13.4. The Kier molecular flexibility index (Phi) is 4.16. The van der Waals surface area contributed by atoms with Gasteiger partial charge < -0.3 is 10.2 Å². The molecular formula is C19H19N5. The number of nitrogens with zero attached hydrogens (tertiary/aromatic N) is 4. The van der Waals surface area contributed by atoms with Crippen molar-refractivity contribution in [1.29, 1.82) is 0 Å². The van der Waals surface area contributed by atoms with Crippen molar-refractivity contribution in [1.82, 2.24) is 20.5 Å². The Morgan fingerprint density at radius 3 is 2.33 bits per heavy atom. The Morgan fingerprint density at radius 2 is 1.58 bits per heavy atom. The van der Waals surface area contributed by atoms with Crippen molar-refractivity contribution in [2.45, 2.75) is 0 Å². The lowest BCUT2D eigenvalue weighted by Gasteiger charge is -2.28. The van der Waals surface area contributed by atoms with Crippen LogP contribution < -0.4 is 10.2 Å². The summed E-state index contributed by atoms with van der Waals surface area (Å²) in [7, 11) is 0. The summed E-state index contributed by atoms with van der Waals surface area (Å²) in [6.07, 6.45) is 3.58. The molecule has 2 aromatic heterocycles. The second-order valence-corrected chi connectivity index (χ2v) is 5.80. The standard InChI is InChI=1S/C19H19N5/c1-2-4-15(5-3-1)17-14-18(24-12-10-21-11-13-24)22-23-19(17)16-6-8-20-9-7-16/h1-9,14,21H,10-13H2. The third kappa shape index (κ3) is 2.98. The van der Waals surface area contributed by atoms with Crippen molar-refractivity contribution in [3.8, 4) is 22.4 Å². The summed E-state index contributed by atoms with van der Waals surface area (Å²) >= 11 is 0. The molecule has 1 fully saturated rings. The summed E-state index contributed by atoms with van der Waals surface area (Å²) in [5, 5.41) is 12.4. The maximum Gasteiger partial charge on any atom is 0.151 e. The van der Waals surface area contributed by atoms with Gasteiger partial charge in [0.1, 0.15) is 5.69 Å². The van der Waals surface area contributed by atoms with E-state index in [4.69, 9.17) is 0 Å². The molecule has 0 atom stereocenters. The number of anilines is 1. The third-order valence-corrected chi connectivity index (χ3v) is 4.26. The predicted molar refractivity (Wildman–Crippen MR) is 95.8 cm³/mol. The number of hydrogen-bond donors (Lipinski definition) is 1. The molecule has 5 nitrogen and oxygen atoms in total. The molecule has 0 radical (unpaired) electrons. The lowest BCUT2D eigenvalue weighted by atomic mass is 10.0. The van der Waals surface area contributed by atoms with Crippen molar-refractivity contribution < 1.29 is 0 Å². The molecule has 24 heavy (non-hydrogen) atoms. The predicted octanol–water partition coefficient (Wildman–Crippen LogP) is 2.62. The molecule has 1 saturated heterocycles. The molecule has 1 aliphatic rings. The zero-order valence-corrected chi connectivity index (χ0v) is 13.4. The summed E-state index contributed by atoms with van der Waals surface area (Å²) in [6.45, 7) is 3.87. The minimum Gasteiger partial charge on any atom is -0.353 e. The van der Waals surface area contributed by atoms with E-state index in [2.05, 4.69) is 55.7 Å². The molecule has 4 rings (SSSR count). The van der Waals surface area contributed by atoms with Gasteiger partial charge in [0.2, 0.25) is 0 Å². The number of rotatable bonds is 3. The summed E-state index contributed by atoms with van der Waals surface area (Å²) in [5.41, 5.74) is 4.17. The van der Waals surface area contributed by atoms with Gasteiger partial charge >= 0.3 is 0 Å². The highest BCUT2D eigenvalue weighted by Crippen LogP contribution is 2.31. The van der Waals surface area contributed by atoms with Crippen LogP contribution in [0.3, 0.4) is 0 Å². The van der Waals surface area contributed by atoms with E-state index in [9.17, 15) is 0 Å². The van der Waals surface area contributed by atoms with Gasteiger partial charge in [0.25, 0.3) is 0 Å². The van der Waals surface area contributed by atoms with Gasteiger partial charge in [-0.3, -0.25) is 4.98 Å². The molecule has 1 aliphatic heterocycles. The van der Waals surface area contributed by atoms with E-state index < -0.39 is 0 Å². The number of benzene rings is 1. The molecule has 1 aromatic carbocycles. The lowest BCUT2D eigenvalue weighted by molar-refractivity contribution is 0.583. The van der Waals surface area contributed by atoms with Crippen LogP contribution in [0.2, 0.25) is 0 Å². The second kappa shape index (κ2) is 6.76. The molecule has 0 unspecified atom stereocenters. The molecule has 120 valence electrons. The molecule has 0 bridgehead atoms. The van der Waals surface area contributed by atoms with Crippen molar-refractivity contribution in [2.24, 2.45) is 0 Å². The van der Waals surface area contributed by atoms with Gasteiger partial charge in [-0.1, -0.05) is 30.3 Å². The average Bonchev–Trinajstić information content (AvgIpc) is 2.69. The van der Waals surface area contributed by atoms with Crippen molar-refractivity contribution >= 4 is 5.82 Å². The van der Waals surface area contributed by atoms with E-state index in [1.54, 1.807) is 12.4 Å². The van der Waals surface area contributed by atoms with Crippen LogP contribution in [0.1, 0.15) is 0 Å². The molecule has 5 heteroatoms. The summed E-state index contributed by atoms with van der Waals surface area (Å²) in [5.74, 6) is 0.938. The molecular weight excluding hydrogens is 298 g/mol. The molecule has 0 aliphatic carbocycles. The first kappa shape index (κ1) is 14.8. The Bertz CT molecular complexity index is 799. The second-order valence-electron chi connectivity index (χ2n) is 5.80. The Morgan fingerprint density at radius 1 is 0.833 bits per heavy atom. The Balaban J connectivity index is 1.82. The van der Waals surface area contributed by atoms with E-state index in [1.165, 1.54) is 0 Å². The van der Waals surface area contributed by atoms with Crippen LogP contribution in [0.25, 0.3) is 22.4 Å². The van der Waals surface area contributed by atoms with Crippen LogP contribution in [-0.2, 0) is 0 Å². The molecule has 3 heterocycles. The van der Waals surface area contributed by atoms with E-state index >= 15 is 0 Å². The largest absolute Gasteiger partial charge is 0.353 e. The molecule has 3 aromatic rings. The fourth-order valence-electron chi connectivity index (χ4n) is 2.99. The third-order valence-electron chi connectivity index (χ3n) is 4.26.